The fourth-order valence-corrected chi connectivity index (χ4v) is 3.71. The van der Waals surface area contributed by atoms with Crippen LogP contribution in [-0.2, 0) is 11.2 Å². The first-order valence-corrected chi connectivity index (χ1v) is 9.71. The van der Waals surface area contributed by atoms with Crippen LogP contribution < -0.4 is 16.2 Å². The zero-order valence-electron chi connectivity index (χ0n) is 16.0. The van der Waals surface area contributed by atoms with Gasteiger partial charge < -0.3 is 10.6 Å². The minimum atomic E-state index is -0.572. The van der Waals surface area contributed by atoms with E-state index in [9.17, 15) is 9.59 Å². The Morgan fingerprint density at radius 2 is 1.63 bits per heavy atom. The van der Waals surface area contributed by atoms with Gasteiger partial charge in [-0.3, -0.25) is 9.59 Å². The van der Waals surface area contributed by atoms with Crippen LogP contribution in [0.1, 0.15) is 5.56 Å². The number of amides is 1. The highest BCUT2D eigenvalue weighted by molar-refractivity contribution is 5.98. The average molecular weight is 394 g/mol. The molecule has 0 saturated carbocycles. The molecule has 6 nitrogen and oxygen atoms in total. The minimum absolute atomic E-state index is 0.0761. The number of anilines is 2. The van der Waals surface area contributed by atoms with E-state index >= 15 is 0 Å². The first kappa shape index (κ1) is 18.0. The highest BCUT2D eigenvalue weighted by Gasteiger charge is 2.27. The molecule has 4 aromatic rings. The summed E-state index contributed by atoms with van der Waals surface area (Å²) in [6.45, 7) is 0. The summed E-state index contributed by atoms with van der Waals surface area (Å²) in [6.07, 6.45) is 0.552. The Bertz CT molecular complexity index is 1300. The number of hydrogen-bond donors (Lipinski definition) is 2. The Labute approximate surface area is 172 Å². The first-order chi connectivity index (χ1) is 14.7. The summed E-state index contributed by atoms with van der Waals surface area (Å²) < 4.78 is 0. The smallest absolute Gasteiger partial charge is 0.313 e. The number of para-hydroxylation sites is 2. The van der Waals surface area contributed by atoms with Crippen LogP contribution in [-0.4, -0.2) is 21.9 Å². The highest BCUT2D eigenvalue weighted by atomic mass is 16.2. The molecule has 0 spiro atoms. The lowest BCUT2D eigenvalue weighted by Gasteiger charge is -2.10. The largest absolute Gasteiger partial charge is 0.373 e. The number of carbonyl (C=O) groups excluding carboxylic acids is 1. The molecule has 1 aliphatic heterocycles. The van der Waals surface area contributed by atoms with E-state index in [1.165, 1.54) is 0 Å². The molecular formula is C24H18N4O2. The van der Waals surface area contributed by atoms with Crippen LogP contribution in [0.25, 0.3) is 22.2 Å². The summed E-state index contributed by atoms with van der Waals surface area (Å²) in [6, 6.07) is 24.2. The highest BCUT2D eigenvalue weighted by Crippen LogP contribution is 2.27. The maximum absolute atomic E-state index is 12.9. The average Bonchev–Trinajstić information content (AvgIpc) is 3.16. The summed E-state index contributed by atoms with van der Waals surface area (Å²) in [4.78, 5) is 34.4. The van der Waals surface area contributed by atoms with Crippen molar-refractivity contribution in [3.63, 3.8) is 0 Å². The first-order valence-electron chi connectivity index (χ1n) is 9.71. The van der Waals surface area contributed by atoms with Crippen molar-refractivity contribution >= 4 is 28.3 Å². The number of carbonyl (C=O) groups is 1. The van der Waals surface area contributed by atoms with Crippen LogP contribution in [0.3, 0.4) is 0 Å². The molecule has 1 aromatic heterocycles. The third kappa shape index (κ3) is 3.28. The Hall–Kier alpha value is -4.06. The molecule has 2 heterocycles. The quantitative estimate of drug-likeness (QED) is 0.554. The van der Waals surface area contributed by atoms with Crippen molar-refractivity contribution in [3.05, 3.63) is 94.8 Å². The molecule has 6 heteroatoms. The van der Waals surface area contributed by atoms with E-state index < -0.39 is 11.6 Å². The van der Waals surface area contributed by atoms with Crippen molar-refractivity contribution in [2.45, 2.75) is 12.5 Å². The number of benzene rings is 3. The van der Waals surface area contributed by atoms with Gasteiger partial charge in [-0.2, -0.15) is 0 Å². The Morgan fingerprint density at radius 1 is 0.900 bits per heavy atom. The van der Waals surface area contributed by atoms with Crippen LogP contribution in [0.15, 0.2) is 83.7 Å². The monoisotopic (exact) mass is 394 g/mol. The second-order valence-electron chi connectivity index (χ2n) is 7.16. The topological polar surface area (TPSA) is 84.0 Å². The van der Waals surface area contributed by atoms with Gasteiger partial charge in [-0.05, 0) is 17.7 Å². The summed E-state index contributed by atoms with van der Waals surface area (Å²) in [5.74, 6) is -0.389. The molecule has 30 heavy (non-hydrogen) atoms. The molecule has 0 aliphatic carbocycles. The number of hydrogen-bond acceptors (Lipinski definition) is 5. The normalized spacial score (nSPS) is 14.7. The van der Waals surface area contributed by atoms with E-state index in [2.05, 4.69) is 20.6 Å². The summed E-state index contributed by atoms with van der Waals surface area (Å²) in [5.41, 5.74) is 3.39. The van der Waals surface area contributed by atoms with E-state index in [4.69, 9.17) is 0 Å². The maximum Gasteiger partial charge on any atom is 0.313 e. The molecule has 1 amide bonds. The number of nitrogens with one attached hydrogen (secondary N) is 2. The number of fused-ring (bicyclic) bond motifs is 2. The van der Waals surface area contributed by atoms with Crippen LogP contribution in [0, 0.1) is 0 Å². The Morgan fingerprint density at radius 3 is 2.47 bits per heavy atom. The molecular weight excluding hydrogens is 376 g/mol. The molecule has 1 aliphatic rings. The standard InChI is InChI=1S/C24H18N4O2/c29-23(20-14-16-10-4-6-12-18(16)25-20)28-22-24(30)26-19-13-7-5-11-17(19)21(27-22)15-8-2-1-3-9-15/h1-13,20,25H,14H2,(H,26,27,28,29,30). The van der Waals surface area contributed by atoms with Gasteiger partial charge in [0.25, 0.3) is 0 Å². The van der Waals surface area contributed by atoms with E-state index in [0.717, 1.165) is 22.2 Å². The van der Waals surface area contributed by atoms with Gasteiger partial charge in [0, 0.05) is 23.1 Å². The Balaban J connectivity index is 1.56. The van der Waals surface area contributed by atoms with Crippen molar-refractivity contribution in [1.29, 1.82) is 0 Å². The lowest BCUT2D eigenvalue weighted by atomic mass is 10.1. The summed E-state index contributed by atoms with van der Waals surface area (Å²) in [5, 5.41) is 6.65. The fraction of sp³-hybridized carbons (Fsp3) is 0.0833. The van der Waals surface area contributed by atoms with E-state index in [1.807, 2.05) is 72.8 Å². The molecule has 1 unspecified atom stereocenters. The zero-order chi connectivity index (χ0) is 20.5. The maximum atomic E-state index is 12.9. The lowest BCUT2D eigenvalue weighted by Crippen LogP contribution is -2.34. The van der Waals surface area contributed by atoms with E-state index in [-0.39, 0.29) is 11.7 Å². The number of aromatic nitrogens is 2. The third-order valence-corrected chi connectivity index (χ3v) is 5.18. The van der Waals surface area contributed by atoms with Crippen LogP contribution >= 0.6 is 0 Å². The van der Waals surface area contributed by atoms with Crippen molar-refractivity contribution in [2.24, 2.45) is 0 Å². The number of nitrogens with zero attached hydrogens (tertiary/aromatic N) is 2. The fourth-order valence-electron chi connectivity index (χ4n) is 3.71. The van der Waals surface area contributed by atoms with Gasteiger partial charge in [0.2, 0.25) is 11.7 Å². The Kier molecular flexibility index (Phi) is 4.44. The predicted octanol–water partition coefficient (Wildman–Crippen LogP) is 3.63. The molecule has 0 saturated heterocycles. The van der Waals surface area contributed by atoms with Crippen LogP contribution in [0.5, 0.6) is 0 Å². The van der Waals surface area contributed by atoms with Gasteiger partial charge in [0.05, 0.1) is 11.2 Å². The summed E-state index contributed by atoms with van der Waals surface area (Å²) in [7, 11) is 0. The second kappa shape index (κ2) is 7.40. The van der Waals surface area contributed by atoms with Crippen molar-refractivity contribution in [1.82, 2.24) is 9.97 Å². The number of rotatable bonds is 3. The predicted molar refractivity (Wildman–Crippen MR) is 117 cm³/mol. The van der Waals surface area contributed by atoms with E-state index in [1.54, 1.807) is 6.07 Å². The van der Waals surface area contributed by atoms with Gasteiger partial charge in [-0.25, -0.2) is 9.97 Å². The molecule has 3 aromatic carbocycles. The molecule has 0 radical (unpaired) electrons. The zero-order valence-corrected chi connectivity index (χ0v) is 16.0. The second-order valence-corrected chi connectivity index (χ2v) is 7.16. The van der Waals surface area contributed by atoms with Gasteiger partial charge >= 0.3 is 5.56 Å². The van der Waals surface area contributed by atoms with Crippen molar-refractivity contribution in [2.75, 3.05) is 10.6 Å². The molecule has 1 atom stereocenters. The van der Waals surface area contributed by atoms with Gasteiger partial charge in [0.1, 0.15) is 6.04 Å². The molecule has 146 valence electrons. The van der Waals surface area contributed by atoms with Crippen molar-refractivity contribution in [3.8, 4) is 11.3 Å². The minimum Gasteiger partial charge on any atom is -0.373 e. The third-order valence-electron chi connectivity index (χ3n) is 5.18. The van der Waals surface area contributed by atoms with Crippen LogP contribution in [0.4, 0.5) is 11.5 Å². The van der Waals surface area contributed by atoms with Crippen molar-refractivity contribution < 1.29 is 4.79 Å². The van der Waals surface area contributed by atoms with Gasteiger partial charge in [0.15, 0.2) is 0 Å². The van der Waals surface area contributed by atoms with Crippen LogP contribution in [0.2, 0.25) is 0 Å². The molecule has 2 N–H and O–H groups in total. The SMILES string of the molecule is O=C(Nc1nc(-c2ccccc2)c2ccccc2nc1=O)C1Cc2ccccc2N1. The van der Waals surface area contributed by atoms with Gasteiger partial charge in [-0.1, -0.05) is 66.7 Å². The molecule has 0 bridgehead atoms. The molecule has 5 rings (SSSR count). The van der Waals surface area contributed by atoms with Gasteiger partial charge in [-0.15, -0.1) is 0 Å². The lowest BCUT2D eigenvalue weighted by molar-refractivity contribution is -0.116. The summed E-state index contributed by atoms with van der Waals surface area (Å²) >= 11 is 0. The molecule has 0 fully saturated rings. The van der Waals surface area contributed by atoms with E-state index in [0.29, 0.717) is 17.6 Å².